The number of para-hydroxylation sites is 1. The van der Waals surface area contributed by atoms with Crippen LogP contribution >= 0.6 is 0 Å². The van der Waals surface area contributed by atoms with Gasteiger partial charge in [-0.3, -0.25) is 14.2 Å². The lowest BCUT2D eigenvalue weighted by Gasteiger charge is -2.21. The van der Waals surface area contributed by atoms with Crippen LogP contribution in [-0.4, -0.2) is 31.5 Å². The first-order chi connectivity index (χ1) is 14.8. The summed E-state index contributed by atoms with van der Waals surface area (Å²) in [4.78, 5) is 34.1. The molecule has 8 heteroatoms. The SMILES string of the molecule is C[C@H]1NC(=O)c2cc(-c3cccc4c(=O)n(CC5(N)CC5)c(NC5(C)CC5)nc34)[nH]c21. The Hall–Kier alpha value is -3.13. The van der Waals surface area contributed by atoms with E-state index in [4.69, 9.17) is 10.7 Å². The number of aromatic amines is 1. The third kappa shape index (κ3) is 2.96. The van der Waals surface area contributed by atoms with Crippen LogP contribution in [0.5, 0.6) is 0 Å². The number of carbonyl (C=O) groups is 1. The number of amides is 1. The van der Waals surface area contributed by atoms with Crippen molar-refractivity contribution >= 4 is 22.8 Å². The Bertz CT molecular complexity index is 1310. The number of anilines is 1. The molecule has 160 valence electrons. The van der Waals surface area contributed by atoms with E-state index in [1.165, 1.54) is 0 Å². The molecule has 3 aromatic rings. The van der Waals surface area contributed by atoms with Crippen LogP contribution in [0, 0.1) is 0 Å². The highest BCUT2D eigenvalue weighted by molar-refractivity contribution is 6.01. The molecule has 2 aromatic heterocycles. The highest BCUT2D eigenvalue weighted by atomic mass is 16.2. The summed E-state index contributed by atoms with van der Waals surface area (Å²) in [6.45, 7) is 4.55. The zero-order chi connectivity index (χ0) is 21.5. The molecule has 5 N–H and O–H groups in total. The normalized spacial score (nSPS) is 22.3. The Kier molecular flexibility index (Phi) is 3.59. The summed E-state index contributed by atoms with van der Waals surface area (Å²) >= 11 is 0. The quantitative estimate of drug-likeness (QED) is 0.508. The molecule has 0 spiro atoms. The first-order valence-corrected chi connectivity index (χ1v) is 10.9. The molecule has 2 saturated carbocycles. The van der Waals surface area contributed by atoms with Crippen molar-refractivity contribution in [2.75, 3.05) is 5.32 Å². The van der Waals surface area contributed by atoms with Gasteiger partial charge in [0.25, 0.3) is 11.5 Å². The number of nitrogens with zero attached hydrogens (tertiary/aromatic N) is 2. The summed E-state index contributed by atoms with van der Waals surface area (Å²) in [5, 5.41) is 6.96. The number of hydrogen-bond donors (Lipinski definition) is 4. The van der Waals surface area contributed by atoms with Crippen LogP contribution in [0.1, 0.15) is 61.6 Å². The molecule has 6 rings (SSSR count). The summed E-state index contributed by atoms with van der Waals surface area (Å²) in [7, 11) is 0. The summed E-state index contributed by atoms with van der Waals surface area (Å²) in [6, 6.07) is 7.41. The van der Waals surface area contributed by atoms with Crippen molar-refractivity contribution in [3.05, 3.63) is 45.9 Å². The van der Waals surface area contributed by atoms with Gasteiger partial charge in [0.1, 0.15) is 0 Å². The molecule has 1 aromatic carbocycles. The zero-order valence-electron chi connectivity index (χ0n) is 17.7. The fourth-order valence-corrected chi connectivity index (χ4v) is 4.41. The lowest BCUT2D eigenvalue weighted by atomic mass is 10.1. The van der Waals surface area contributed by atoms with Gasteiger partial charge >= 0.3 is 0 Å². The zero-order valence-corrected chi connectivity index (χ0v) is 17.7. The van der Waals surface area contributed by atoms with Crippen molar-refractivity contribution in [3.63, 3.8) is 0 Å². The van der Waals surface area contributed by atoms with Crippen LogP contribution in [0.3, 0.4) is 0 Å². The maximum absolute atomic E-state index is 13.5. The van der Waals surface area contributed by atoms with Gasteiger partial charge in [-0.1, -0.05) is 12.1 Å². The molecule has 2 aliphatic carbocycles. The van der Waals surface area contributed by atoms with Gasteiger partial charge in [0.2, 0.25) is 5.95 Å². The third-order valence-electron chi connectivity index (χ3n) is 6.93. The summed E-state index contributed by atoms with van der Waals surface area (Å²) in [5.41, 5.74) is 9.69. The van der Waals surface area contributed by atoms with Gasteiger partial charge in [0.05, 0.1) is 28.2 Å². The Labute approximate surface area is 179 Å². The van der Waals surface area contributed by atoms with Crippen LogP contribution < -0.4 is 21.9 Å². The van der Waals surface area contributed by atoms with E-state index in [0.29, 0.717) is 29.0 Å². The molecule has 0 radical (unpaired) electrons. The number of rotatable bonds is 5. The predicted molar refractivity (Wildman–Crippen MR) is 119 cm³/mol. The molecule has 31 heavy (non-hydrogen) atoms. The number of aromatic nitrogens is 3. The van der Waals surface area contributed by atoms with Crippen molar-refractivity contribution in [3.8, 4) is 11.3 Å². The number of nitrogens with two attached hydrogens (primary N) is 1. The molecule has 0 saturated heterocycles. The van der Waals surface area contributed by atoms with Gasteiger partial charge in [-0.2, -0.15) is 0 Å². The molecule has 0 unspecified atom stereocenters. The fourth-order valence-electron chi connectivity index (χ4n) is 4.41. The largest absolute Gasteiger partial charge is 0.356 e. The molecule has 1 amide bonds. The number of nitrogens with one attached hydrogen (secondary N) is 3. The standard InChI is InChI=1S/C23H26N6O2/c1-12-17-15(19(30)25-12)10-16(26-17)13-4-3-5-14-18(13)27-21(28-22(2)6-7-22)29(20(14)31)11-23(24)8-9-23/h3-5,10,12,26H,6-9,11,24H2,1-2H3,(H,25,30)(H,27,28)/t12-/m1/s1. The molecule has 1 atom stereocenters. The highest BCUT2D eigenvalue weighted by Gasteiger charge is 2.42. The minimum Gasteiger partial charge on any atom is -0.356 e. The average molecular weight is 419 g/mol. The van der Waals surface area contributed by atoms with E-state index in [2.05, 4.69) is 22.5 Å². The van der Waals surface area contributed by atoms with Crippen LogP contribution in [0.15, 0.2) is 29.1 Å². The van der Waals surface area contributed by atoms with Crippen molar-refractivity contribution in [2.45, 2.75) is 63.2 Å². The molecular weight excluding hydrogens is 392 g/mol. The van der Waals surface area contributed by atoms with E-state index in [1.54, 1.807) is 4.57 Å². The van der Waals surface area contributed by atoms with E-state index in [1.807, 2.05) is 31.2 Å². The maximum Gasteiger partial charge on any atom is 0.262 e. The minimum absolute atomic E-state index is 0.0315. The number of H-pyrrole nitrogens is 1. The topological polar surface area (TPSA) is 118 Å². The van der Waals surface area contributed by atoms with Gasteiger partial charge in [-0.15, -0.1) is 0 Å². The fraction of sp³-hybridized carbons (Fsp3) is 0.435. The Morgan fingerprint density at radius 2 is 2.00 bits per heavy atom. The van der Waals surface area contributed by atoms with Gasteiger partial charge in [-0.25, -0.2) is 4.98 Å². The van der Waals surface area contributed by atoms with Crippen LogP contribution in [0.2, 0.25) is 0 Å². The average Bonchev–Trinajstić information content (AvgIpc) is 3.56. The van der Waals surface area contributed by atoms with Crippen molar-refractivity contribution in [1.29, 1.82) is 0 Å². The molecule has 2 fully saturated rings. The van der Waals surface area contributed by atoms with E-state index >= 15 is 0 Å². The van der Waals surface area contributed by atoms with Crippen molar-refractivity contribution in [1.82, 2.24) is 19.9 Å². The van der Waals surface area contributed by atoms with Crippen molar-refractivity contribution < 1.29 is 4.79 Å². The number of hydrogen-bond acceptors (Lipinski definition) is 5. The smallest absolute Gasteiger partial charge is 0.262 e. The van der Waals surface area contributed by atoms with Gasteiger partial charge in [0.15, 0.2) is 0 Å². The van der Waals surface area contributed by atoms with Gasteiger partial charge in [-0.05, 0) is 51.7 Å². The Morgan fingerprint density at radius 3 is 2.68 bits per heavy atom. The molecule has 8 nitrogen and oxygen atoms in total. The Morgan fingerprint density at radius 1 is 1.23 bits per heavy atom. The number of carbonyl (C=O) groups excluding carboxylic acids is 1. The van der Waals surface area contributed by atoms with E-state index < -0.39 is 0 Å². The van der Waals surface area contributed by atoms with Gasteiger partial charge in [0, 0.05) is 28.9 Å². The summed E-state index contributed by atoms with van der Waals surface area (Å²) in [5.74, 6) is 0.495. The predicted octanol–water partition coefficient (Wildman–Crippen LogP) is 2.65. The minimum atomic E-state index is -0.318. The monoisotopic (exact) mass is 418 g/mol. The second kappa shape index (κ2) is 5.97. The number of fused-ring (bicyclic) bond motifs is 2. The molecule has 1 aliphatic heterocycles. The molecule has 0 bridgehead atoms. The van der Waals surface area contributed by atoms with Crippen molar-refractivity contribution in [2.24, 2.45) is 5.73 Å². The Balaban J connectivity index is 1.54. The van der Waals surface area contributed by atoms with Crippen LogP contribution in [-0.2, 0) is 6.54 Å². The van der Waals surface area contributed by atoms with Crippen LogP contribution in [0.4, 0.5) is 5.95 Å². The first kappa shape index (κ1) is 18.6. The second-order valence-electron chi connectivity index (χ2n) is 9.78. The lowest BCUT2D eigenvalue weighted by molar-refractivity contribution is 0.0958. The summed E-state index contributed by atoms with van der Waals surface area (Å²) in [6.07, 6.45) is 3.93. The lowest BCUT2D eigenvalue weighted by Crippen LogP contribution is -2.37. The molecular formula is C23H26N6O2. The third-order valence-corrected chi connectivity index (χ3v) is 6.93. The van der Waals surface area contributed by atoms with E-state index in [0.717, 1.165) is 42.6 Å². The number of benzene rings is 1. The molecule has 3 heterocycles. The van der Waals surface area contributed by atoms with E-state index in [9.17, 15) is 9.59 Å². The van der Waals surface area contributed by atoms with E-state index in [-0.39, 0.29) is 28.6 Å². The second-order valence-corrected chi connectivity index (χ2v) is 9.78. The highest BCUT2D eigenvalue weighted by Crippen LogP contribution is 2.40. The van der Waals surface area contributed by atoms with Crippen LogP contribution in [0.25, 0.3) is 22.2 Å². The molecule has 3 aliphatic rings. The maximum atomic E-state index is 13.5. The van der Waals surface area contributed by atoms with Gasteiger partial charge < -0.3 is 21.4 Å². The summed E-state index contributed by atoms with van der Waals surface area (Å²) < 4.78 is 1.72. The first-order valence-electron chi connectivity index (χ1n) is 10.9.